The first-order chi connectivity index (χ1) is 16.6. The molecule has 3 heterocycles. The van der Waals surface area contributed by atoms with E-state index < -0.39 is 0 Å². The monoisotopic (exact) mass is 458 g/mol. The topological polar surface area (TPSA) is 51.4 Å². The van der Waals surface area contributed by atoms with Gasteiger partial charge in [0.15, 0.2) is 0 Å². The second-order valence-corrected chi connectivity index (χ2v) is 10.1. The molecule has 3 unspecified atom stereocenters. The molecule has 0 bridgehead atoms. The molecule has 0 saturated carbocycles. The largest absolute Gasteiger partial charge is 0.361 e. The molecule has 0 radical (unpaired) electrons. The molecule has 2 aromatic carbocycles. The second-order valence-electron chi connectivity index (χ2n) is 10.1. The third-order valence-electron chi connectivity index (χ3n) is 8.05. The molecule has 5 heteroatoms. The lowest BCUT2D eigenvalue weighted by molar-refractivity contribution is 0.151. The summed E-state index contributed by atoms with van der Waals surface area (Å²) in [6.07, 6.45) is 11.0. The molecule has 34 heavy (non-hydrogen) atoms. The van der Waals surface area contributed by atoms with Crippen LogP contribution in [0.2, 0.25) is 0 Å². The molecular weight excluding hydrogens is 420 g/mol. The van der Waals surface area contributed by atoms with Crippen LogP contribution in [0, 0.1) is 0 Å². The fourth-order valence-electron chi connectivity index (χ4n) is 5.94. The summed E-state index contributed by atoms with van der Waals surface area (Å²) in [5.41, 5.74) is 4.34. The maximum atomic E-state index is 13.4. The van der Waals surface area contributed by atoms with Gasteiger partial charge in [-0.05, 0) is 100 Å². The highest BCUT2D eigenvalue weighted by Gasteiger charge is 2.29. The lowest BCUT2D eigenvalue weighted by atomic mass is 9.90. The first-order valence-electron chi connectivity index (χ1n) is 13.1. The number of carbonyl (C=O) groups excluding carboxylic acids is 1. The Morgan fingerprint density at radius 1 is 1.09 bits per heavy atom. The van der Waals surface area contributed by atoms with Crippen molar-refractivity contribution in [1.82, 2.24) is 9.88 Å². The molecule has 2 saturated heterocycles. The Hall–Kier alpha value is -2.79. The zero-order valence-electron chi connectivity index (χ0n) is 20.6. The van der Waals surface area contributed by atoms with Crippen LogP contribution in [-0.2, 0) is 0 Å². The zero-order valence-corrected chi connectivity index (χ0v) is 20.6. The van der Waals surface area contributed by atoms with Crippen LogP contribution in [0.25, 0.3) is 10.9 Å². The molecule has 3 aromatic rings. The number of nitrogens with one attached hydrogen (secondary N) is 2. The average Bonchev–Trinajstić information content (AvgIpc) is 3.16. The number of aromatic nitrogens is 1. The number of hydrogen-bond acceptors (Lipinski definition) is 2. The van der Waals surface area contributed by atoms with Gasteiger partial charge in [-0.25, -0.2) is 4.79 Å². The minimum absolute atomic E-state index is 0.0803. The van der Waals surface area contributed by atoms with E-state index in [-0.39, 0.29) is 12.1 Å². The Balaban J connectivity index is 1.37. The number of urea groups is 1. The summed E-state index contributed by atoms with van der Waals surface area (Å²) in [5.74, 6) is 0.575. The first-order valence-corrected chi connectivity index (χ1v) is 13.1. The molecule has 5 rings (SSSR count). The Morgan fingerprint density at radius 2 is 1.94 bits per heavy atom. The van der Waals surface area contributed by atoms with Crippen molar-refractivity contribution >= 4 is 28.3 Å². The molecule has 0 aliphatic carbocycles. The van der Waals surface area contributed by atoms with Gasteiger partial charge in [-0.1, -0.05) is 31.5 Å². The number of benzene rings is 2. The predicted molar refractivity (Wildman–Crippen MR) is 142 cm³/mol. The Labute approximate surface area is 203 Å². The van der Waals surface area contributed by atoms with E-state index in [9.17, 15) is 4.79 Å². The maximum Gasteiger partial charge on any atom is 0.326 e. The molecule has 2 fully saturated rings. The van der Waals surface area contributed by atoms with Gasteiger partial charge in [0.1, 0.15) is 0 Å². The van der Waals surface area contributed by atoms with Gasteiger partial charge in [0, 0.05) is 40.6 Å². The van der Waals surface area contributed by atoms with Gasteiger partial charge in [0.25, 0.3) is 0 Å². The fraction of sp³-hybridized carbons (Fsp3) is 0.483. The Bertz CT molecular complexity index is 1090. The van der Waals surface area contributed by atoms with E-state index in [0.717, 1.165) is 29.4 Å². The molecule has 2 aliphatic heterocycles. The van der Waals surface area contributed by atoms with Crippen LogP contribution in [0.1, 0.15) is 70.3 Å². The maximum absolute atomic E-state index is 13.4. The van der Waals surface area contributed by atoms with Crippen LogP contribution in [0.3, 0.4) is 0 Å². The van der Waals surface area contributed by atoms with Gasteiger partial charge < -0.3 is 15.2 Å². The third kappa shape index (κ3) is 4.72. The van der Waals surface area contributed by atoms with E-state index in [0.29, 0.717) is 5.92 Å². The van der Waals surface area contributed by atoms with Crippen molar-refractivity contribution < 1.29 is 4.79 Å². The normalized spacial score (nSPS) is 22.1. The van der Waals surface area contributed by atoms with Crippen molar-refractivity contribution in [2.24, 2.45) is 0 Å². The van der Waals surface area contributed by atoms with Crippen LogP contribution in [0.15, 0.2) is 54.7 Å². The number of hydrogen-bond donors (Lipinski definition) is 2. The van der Waals surface area contributed by atoms with Crippen molar-refractivity contribution in [3.63, 3.8) is 0 Å². The minimum Gasteiger partial charge on any atom is -0.361 e. The summed E-state index contributed by atoms with van der Waals surface area (Å²) in [4.78, 5) is 21.5. The van der Waals surface area contributed by atoms with Gasteiger partial charge >= 0.3 is 6.03 Å². The zero-order chi connectivity index (χ0) is 23.5. The number of para-hydroxylation sites is 1. The van der Waals surface area contributed by atoms with Crippen molar-refractivity contribution in [2.45, 2.75) is 76.8 Å². The molecule has 180 valence electrons. The summed E-state index contributed by atoms with van der Waals surface area (Å²) in [7, 11) is 0. The SMILES string of the molecule is CCC(C)N(C(=O)Nc1ccc2[nH]cc(C3CCC4CCCCN4CC3)c2c1)c1ccccc1. The van der Waals surface area contributed by atoms with Gasteiger partial charge in [-0.3, -0.25) is 4.90 Å². The van der Waals surface area contributed by atoms with Crippen molar-refractivity contribution in [1.29, 1.82) is 0 Å². The number of amides is 2. The Kier molecular flexibility index (Phi) is 6.91. The number of aromatic amines is 1. The van der Waals surface area contributed by atoms with E-state index in [1.54, 1.807) is 0 Å². The molecule has 2 aliphatic rings. The molecule has 0 spiro atoms. The molecule has 3 atom stereocenters. The summed E-state index contributed by atoms with van der Waals surface area (Å²) < 4.78 is 0. The smallest absolute Gasteiger partial charge is 0.326 e. The van der Waals surface area contributed by atoms with E-state index in [2.05, 4.69) is 47.4 Å². The number of carbonyl (C=O) groups is 1. The first kappa shape index (κ1) is 23.0. The highest BCUT2D eigenvalue weighted by atomic mass is 16.2. The van der Waals surface area contributed by atoms with Gasteiger partial charge in [0.05, 0.1) is 0 Å². The van der Waals surface area contributed by atoms with E-state index in [1.165, 1.54) is 62.6 Å². The number of piperidine rings is 1. The molecule has 2 amide bonds. The van der Waals surface area contributed by atoms with E-state index in [1.807, 2.05) is 41.3 Å². The number of rotatable bonds is 5. The van der Waals surface area contributed by atoms with Crippen molar-refractivity contribution in [3.8, 4) is 0 Å². The average molecular weight is 459 g/mol. The summed E-state index contributed by atoms with van der Waals surface area (Å²) in [6.45, 7) is 6.69. The molecule has 2 N–H and O–H groups in total. The number of fused-ring (bicyclic) bond motifs is 2. The highest BCUT2D eigenvalue weighted by molar-refractivity contribution is 6.03. The predicted octanol–water partition coefficient (Wildman–Crippen LogP) is 7.13. The lowest BCUT2D eigenvalue weighted by Crippen LogP contribution is -2.41. The summed E-state index contributed by atoms with van der Waals surface area (Å²) >= 11 is 0. The fourth-order valence-corrected chi connectivity index (χ4v) is 5.94. The van der Waals surface area contributed by atoms with Gasteiger partial charge in [-0.2, -0.15) is 0 Å². The van der Waals surface area contributed by atoms with E-state index in [4.69, 9.17) is 0 Å². The molecule has 1 aromatic heterocycles. The molecular formula is C29H38N4O. The highest BCUT2D eigenvalue weighted by Crippen LogP contribution is 2.37. The third-order valence-corrected chi connectivity index (χ3v) is 8.05. The van der Waals surface area contributed by atoms with Gasteiger partial charge in [-0.15, -0.1) is 0 Å². The van der Waals surface area contributed by atoms with Gasteiger partial charge in [0.2, 0.25) is 0 Å². The minimum atomic E-state index is -0.0803. The van der Waals surface area contributed by atoms with Crippen molar-refractivity contribution in [2.75, 3.05) is 23.3 Å². The number of H-pyrrole nitrogens is 1. The van der Waals surface area contributed by atoms with Crippen LogP contribution in [0.5, 0.6) is 0 Å². The summed E-state index contributed by atoms with van der Waals surface area (Å²) in [6, 6.07) is 17.0. The number of anilines is 2. The summed E-state index contributed by atoms with van der Waals surface area (Å²) in [5, 5.41) is 4.43. The van der Waals surface area contributed by atoms with Crippen LogP contribution in [-0.4, -0.2) is 41.1 Å². The quantitative estimate of drug-likeness (QED) is 0.427. The van der Waals surface area contributed by atoms with Crippen LogP contribution in [0.4, 0.5) is 16.2 Å². The lowest BCUT2D eigenvalue weighted by Gasteiger charge is -2.33. The van der Waals surface area contributed by atoms with E-state index >= 15 is 0 Å². The molecule has 5 nitrogen and oxygen atoms in total. The van der Waals surface area contributed by atoms with Crippen LogP contribution < -0.4 is 10.2 Å². The van der Waals surface area contributed by atoms with Crippen molar-refractivity contribution in [3.05, 3.63) is 60.3 Å². The standard InChI is InChI=1S/C29H38N4O/c1-3-21(2)33(25-10-5-4-6-11-25)29(34)31-23-13-15-28-26(19-23)27(20-30-28)22-12-14-24-9-7-8-17-32(24)18-16-22/h4-6,10-11,13,15,19-22,24,30H,3,7-9,12,14,16-18H2,1-2H3,(H,31,34). The Morgan fingerprint density at radius 3 is 2.76 bits per heavy atom. The second kappa shape index (κ2) is 10.2. The van der Waals surface area contributed by atoms with Crippen LogP contribution >= 0.6 is 0 Å². The number of nitrogens with zero attached hydrogens (tertiary/aromatic N) is 2.